The van der Waals surface area contributed by atoms with Crippen molar-refractivity contribution in [3.8, 4) is 0 Å². The van der Waals surface area contributed by atoms with E-state index in [2.05, 4.69) is 10.5 Å². The Morgan fingerprint density at radius 1 is 1.10 bits per heavy atom. The van der Waals surface area contributed by atoms with Gasteiger partial charge >= 0.3 is 0 Å². The van der Waals surface area contributed by atoms with Gasteiger partial charge < -0.3 is 0 Å². The number of benzene rings is 2. The molecule has 0 unspecified atom stereocenters. The molecule has 0 heterocycles. The molecule has 3 nitrogen and oxygen atoms in total. The summed E-state index contributed by atoms with van der Waals surface area (Å²) in [7, 11) is 0. The second-order valence-corrected chi connectivity index (χ2v) is 4.32. The highest BCUT2D eigenvalue weighted by atomic mass is 35.5. The van der Waals surface area contributed by atoms with E-state index in [1.54, 1.807) is 24.3 Å². The average Bonchev–Trinajstić information content (AvgIpc) is 2.43. The van der Waals surface area contributed by atoms with Gasteiger partial charge in [0.1, 0.15) is 0 Å². The predicted molar refractivity (Wildman–Crippen MR) is 72.9 cm³/mol. The average molecular weight is 295 g/mol. The molecular weight excluding hydrogens is 286 g/mol. The van der Waals surface area contributed by atoms with Crippen molar-refractivity contribution in [3.05, 3.63) is 70.2 Å². The molecule has 1 N–H and O–H groups in total. The first kappa shape index (κ1) is 14.1. The second-order valence-electron chi connectivity index (χ2n) is 3.88. The third kappa shape index (κ3) is 3.61. The number of hydrogen-bond acceptors (Lipinski definition) is 2. The lowest BCUT2D eigenvalue weighted by Crippen LogP contribution is -2.17. The van der Waals surface area contributed by atoms with Crippen molar-refractivity contribution in [1.82, 2.24) is 5.43 Å². The number of hydrogen-bond donors (Lipinski definition) is 1. The molecule has 1 amide bonds. The third-order valence-corrected chi connectivity index (χ3v) is 2.68. The second kappa shape index (κ2) is 6.25. The molecule has 0 aliphatic carbocycles. The summed E-state index contributed by atoms with van der Waals surface area (Å²) in [6.07, 6.45) is 1.22. The van der Waals surface area contributed by atoms with Gasteiger partial charge in [-0.15, -0.1) is 0 Å². The van der Waals surface area contributed by atoms with Crippen molar-refractivity contribution < 1.29 is 13.6 Å². The normalized spacial score (nSPS) is 10.8. The molecule has 0 spiro atoms. The van der Waals surface area contributed by atoms with Crippen LogP contribution in [0.25, 0.3) is 0 Å². The van der Waals surface area contributed by atoms with Crippen LogP contribution in [0.4, 0.5) is 8.78 Å². The van der Waals surface area contributed by atoms with Gasteiger partial charge in [-0.3, -0.25) is 4.79 Å². The Bertz CT molecular complexity index is 657. The minimum atomic E-state index is -0.974. The number of amides is 1. The maximum atomic E-state index is 12.9. The van der Waals surface area contributed by atoms with E-state index in [4.69, 9.17) is 11.6 Å². The van der Waals surface area contributed by atoms with E-state index in [1.807, 2.05) is 0 Å². The zero-order chi connectivity index (χ0) is 14.5. The van der Waals surface area contributed by atoms with Crippen LogP contribution < -0.4 is 5.43 Å². The smallest absolute Gasteiger partial charge is 0.267 e. The molecule has 2 aromatic carbocycles. The van der Waals surface area contributed by atoms with Gasteiger partial charge in [0.15, 0.2) is 11.6 Å². The molecule has 0 saturated heterocycles. The number of nitrogens with zero attached hydrogens (tertiary/aromatic N) is 1. The molecule has 0 atom stereocenters. The Balaban J connectivity index is 2.00. The van der Waals surface area contributed by atoms with Gasteiger partial charge in [0.2, 0.25) is 0 Å². The van der Waals surface area contributed by atoms with Gasteiger partial charge in [-0.2, -0.15) is 5.10 Å². The van der Waals surface area contributed by atoms with Crippen molar-refractivity contribution >= 4 is 23.7 Å². The highest BCUT2D eigenvalue weighted by molar-refractivity contribution is 6.30. The lowest BCUT2D eigenvalue weighted by Gasteiger charge is -2.00. The van der Waals surface area contributed by atoms with Gasteiger partial charge in [0.25, 0.3) is 5.91 Å². The summed E-state index contributed by atoms with van der Waals surface area (Å²) >= 11 is 5.70. The Hall–Kier alpha value is -2.27. The molecule has 20 heavy (non-hydrogen) atoms. The van der Waals surface area contributed by atoms with E-state index in [9.17, 15) is 13.6 Å². The van der Waals surface area contributed by atoms with Gasteiger partial charge in [-0.25, -0.2) is 14.2 Å². The van der Waals surface area contributed by atoms with E-state index < -0.39 is 17.5 Å². The highest BCUT2D eigenvalue weighted by Gasteiger charge is 2.03. The number of hydrazone groups is 1. The van der Waals surface area contributed by atoms with Crippen LogP contribution in [0, 0.1) is 11.6 Å². The summed E-state index contributed by atoms with van der Waals surface area (Å²) in [6, 6.07) is 9.56. The number of carbonyl (C=O) groups is 1. The molecule has 0 bridgehead atoms. The molecule has 102 valence electrons. The molecule has 0 radical (unpaired) electrons. The van der Waals surface area contributed by atoms with E-state index >= 15 is 0 Å². The molecule has 2 aromatic rings. The molecule has 0 fully saturated rings. The van der Waals surface area contributed by atoms with E-state index in [-0.39, 0.29) is 0 Å². The summed E-state index contributed by atoms with van der Waals surface area (Å²) in [6.45, 7) is 0. The molecular formula is C14H9ClF2N2O. The molecule has 0 aliphatic rings. The minimum absolute atomic E-state index is 0.334. The zero-order valence-corrected chi connectivity index (χ0v) is 10.9. The molecule has 0 aliphatic heterocycles. The molecule has 0 aromatic heterocycles. The minimum Gasteiger partial charge on any atom is -0.267 e. The van der Waals surface area contributed by atoms with Crippen molar-refractivity contribution in [2.45, 2.75) is 0 Å². The first-order valence-corrected chi connectivity index (χ1v) is 5.98. The topological polar surface area (TPSA) is 41.5 Å². The highest BCUT2D eigenvalue weighted by Crippen LogP contribution is 2.09. The maximum absolute atomic E-state index is 12.9. The lowest BCUT2D eigenvalue weighted by atomic mass is 10.2. The van der Waals surface area contributed by atoms with Crippen molar-refractivity contribution in [1.29, 1.82) is 0 Å². The Kier molecular flexibility index (Phi) is 4.42. The van der Waals surface area contributed by atoms with Gasteiger partial charge in [-0.05, 0) is 42.0 Å². The van der Waals surface area contributed by atoms with Crippen molar-refractivity contribution in [2.75, 3.05) is 0 Å². The predicted octanol–water partition coefficient (Wildman–Crippen LogP) is 3.38. The summed E-state index contributed by atoms with van der Waals surface area (Å²) in [5.41, 5.74) is 2.99. The standard InChI is InChI=1S/C14H9ClF2N2O/c15-11-4-2-10(3-5-11)14(20)19-18-8-9-1-6-12(16)13(17)7-9/h1-8H,(H,19,20)/b18-8+. The first-order valence-electron chi connectivity index (χ1n) is 5.60. The fourth-order valence-electron chi connectivity index (χ4n) is 1.42. The quantitative estimate of drug-likeness (QED) is 0.684. The van der Waals surface area contributed by atoms with E-state index in [1.165, 1.54) is 12.3 Å². The van der Waals surface area contributed by atoms with Crippen molar-refractivity contribution in [3.63, 3.8) is 0 Å². The number of nitrogens with one attached hydrogen (secondary N) is 1. The van der Waals surface area contributed by atoms with Crippen LogP contribution in [0.1, 0.15) is 15.9 Å². The fraction of sp³-hybridized carbons (Fsp3) is 0. The lowest BCUT2D eigenvalue weighted by molar-refractivity contribution is 0.0955. The Morgan fingerprint density at radius 2 is 1.80 bits per heavy atom. The summed E-state index contributed by atoms with van der Waals surface area (Å²) in [5, 5.41) is 4.18. The summed E-state index contributed by atoms with van der Waals surface area (Å²) < 4.78 is 25.6. The van der Waals surface area contributed by atoms with Crippen LogP contribution in [0.5, 0.6) is 0 Å². The van der Waals surface area contributed by atoms with Crippen LogP contribution >= 0.6 is 11.6 Å². The number of rotatable bonds is 3. The Labute approximate surface area is 118 Å². The SMILES string of the molecule is O=C(N/N=C/c1ccc(F)c(F)c1)c1ccc(Cl)cc1. The maximum Gasteiger partial charge on any atom is 0.271 e. The molecule has 6 heteroatoms. The van der Waals surface area contributed by atoms with Crippen LogP contribution in [-0.2, 0) is 0 Å². The van der Waals surface area contributed by atoms with Crippen LogP contribution in [0.3, 0.4) is 0 Å². The van der Waals surface area contributed by atoms with Gasteiger partial charge in [0.05, 0.1) is 6.21 Å². The monoisotopic (exact) mass is 294 g/mol. The van der Waals surface area contributed by atoms with E-state index in [0.29, 0.717) is 16.1 Å². The largest absolute Gasteiger partial charge is 0.271 e. The van der Waals surface area contributed by atoms with Crippen LogP contribution in [0.15, 0.2) is 47.6 Å². The molecule has 2 rings (SSSR count). The van der Waals surface area contributed by atoms with Gasteiger partial charge in [-0.1, -0.05) is 17.7 Å². The fourth-order valence-corrected chi connectivity index (χ4v) is 1.55. The van der Waals surface area contributed by atoms with Gasteiger partial charge in [0, 0.05) is 10.6 Å². The number of carbonyl (C=O) groups excluding carboxylic acids is 1. The number of halogens is 3. The molecule has 0 saturated carbocycles. The van der Waals surface area contributed by atoms with E-state index in [0.717, 1.165) is 12.1 Å². The zero-order valence-electron chi connectivity index (χ0n) is 10.1. The third-order valence-electron chi connectivity index (χ3n) is 2.43. The summed E-state index contributed by atoms with van der Waals surface area (Å²) in [5.74, 6) is -2.34. The van der Waals surface area contributed by atoms with Crippen molar-refractivity contribution in [2.24, 2.45) is 5.10 Å². The first-order chi connectivity index (χ1) is 9.56. The van der Waals surface area contributed by atoms with Crippen LogP contribution in [0.2, 0.25) is 5.02 Å². The summed E-state index contributed by atoms with van der Waals surface area (Å²) in [4.78, 5) is 11.7. The Morgan fingerprint density at radius 3 is 2.45 bits per heavy atom. The van der Waals surface area contributed by atoms with Crippen LogP contribution in [-0.4, -0.2) is 12.1 Å².